The number of rotatable bonds is 7. The van der Waals surface area contributed by atoms with Crippen LogP contribution in [0.5, 0.6) is 0 Å². The molecular formula is C14H19ClN6O3. The smallest absolute Gasteiger partial charge is 0.320 e. The van der Waals surface area contributed by atoms with E-state index in [0.29, 0.717) is 31.1 Å². The van der Waals surface area contributed by atoms with Crippen molar-refractivity contribution in [3.8, 4) is 0 Å². The molecule has 0 saturated heterocycles. The minimum Gasteiger partial charge on any atom is -0.350 e. The van der Waals surface area contributed by atoms with Crippen LogP contribution in [0.1, 0.15) is 35.2 Å². The van der Waals surface area contributed by atoms with Crippen molar-refractivity contribution in [1.82, 2.24) is 24.9 Å². The van der Waals surface area contributed by atoms with E-state index in [1.165, 1.54) is 4.68 Å². The van der Waals surface area contributed by atoms with Gasteiger partial charge in [0.05, 0.1) is 21.3 Å². The number of hydrogen-bond donors (Lipinski definition) is 1. The standard InChI is InChI=1S/C14H19ClN6O3/c1-4-19-13(11(8-17-19)21(23)24)14(22)16-6-5-7-20-10(3)12(15)9(2)18-20/h8H,4-7H2,1-3H3,(H,16,22). The van der Waals surface area contributed by atoms with E-state index in [1.807, 2.05) is 13.8 Å². The van der Waals surface area contributed by atoms with E-state index in [9.17, 15) is 14.9 Å². The molecule has 0 saturated carbocycles. The van der Waals surface area contributed by atoms with Gasteiger partial charge in [-0.05, 0) is 27.2 Å². The lowest BCUT2D eigenvalue weighted by Gasteiger charge is -2.07. The zero-order valence-electron chi connectivity index (χ0n) is 13.7. The van der Waals surface area contributed by atoms with Crippen LogP contribution in [0.3, 0.4) is 0 Å². The molecule has 24 heavy (non-hydrogen) atoms. The molecule has 9 nitrogen and oxygen atoms in total. The number of halogens is 1. The van der Waals surface area contributed by atoms with Crippen LogP contribution in [0.15, 0.2) is 6.20 Å². The van der Waals surface area contributed by atoms with E-state index >= 15 is 0 Å². The second-order valence-electron chi connectivity index (χ2n) is 5.27. The SMILES string of the molecule is CCn1ncc([N+](=O)[O-])c1C(=O)NCCCn1nc(C)c(Cl)c1C. The molecule has 0 radical (unpaired) electrons. The number of carbonyl (C=O) groups excluding carboxylic acids is 1. The Morgan fingerprint density at radius 1 is 1.42 bits per heavy atom. The van der Waals surface area contributed by atoms with Crippen molar-refractivity contribution in [3.63, 3.8) is 0 Å². The number of hydrogen-bond acceptors (Lipinski definition) is 5. The minimum atomic E-state index is -0.605. The molecular weight excluding hydrogens is 336 g/mol. The van der Waals surface area contributed by atoms with Gasteiger partial charge in [0.2, 0.25) is 5.69 Å². The highest BCUT2D eigenvalue weighted by molar-refractivity contribution is 6.31. The molecule has 2 rings (SSSR count). The van der Waals surface area contributed by atoms with Crippen molar-refractivity contribution < 1.29 is 9.72 Å². The second-order valence-corrected chi connectivity index (χ2v) is 5.65. The number of nitrogens with zero attached hydrogens (tertiary/aromatic N) is 5. The van der Waals surface area contributed by atoms with Crippen LogP contribution in [0.4, 0.5) is 5.69 Å². The highest BCUT2D eigenvalue weighted by atomic mass is 35.5. The lowest BCUT2D eigenvalue weighted by atomic mass is 10.3. The van der Waals surface area contributed by atoms with Crippen LogP contribution in [0.2, 0.25) is 5.02 Å². The molecule has 0 aliphatic rings. The molecule has 2 aromatic heterocycles. The fourth-order valence-corrected chi connectivity index (χ4v) is 2.52. The summed E-state index contributed by atoms with van der Waals surface area (Å²) in [5.41, 5.74) is 1.32. The summed E-state index contributed by atoms with van der Waals surface area (Å²) < 4.78 is 3.09. The second kappa shape index (κ2) is 7.43. The number of aryl methyl sites for hydroxylation is 3. The van der Waals surface area contributed by atoms with E-state index in [0.717, 1.165) is 17.6 Å². The Kier molecular flexibility index (Phi) is 5.55. The highest BCUT2D eigenvalue weighted by Crippen LogP contribution is 2.19. The Bertz CT molecular complexity index is 767. The van der Waals surface area contributed by atoms with Crippen molar-refractivity contribution in [3.05, 3.63) is 38.4 Å². The Morgan fingerprint density at radius 3 is 2.67 bits per heavy atom. The van der Waals surface area contributed by atoms with Crippen LogP contribution in [-0.4, -0.2) is 36.9 Å². The molecule has 130 valence electrons. The summed E-state index contributed by atoms with van der Waals surface area (Å²) in [5.74, 6) is -0.507. The summed E-state index contributed by atoms with van der Waals surface area (Å²) in [7, 11) is 0. The average molecular weight is 355 g/mol. The predicted octanol–water partition coefficient (Wildman–Crippen LogP) is 2.10. The van der Waals surface area contributed by atoms with Gasteiger partial charge in [0, 0.05) is 19.6 Å². The van der Waals surface area contributed by atoms with Crippen molar-refractivity contribution in [2.24, 2.45) is 0 Å². The van der Waals surface area contributed by atoms with Gasteiger partial charge in [0.1, 0.15) is 6.20 Å². The summed E-state index contributed by atoms with van der Waals surface area (Å²) in [4.78, 5) is 22.6. The molecule has 0 atom stereocenters. The lowest BCUT2D eigenvalue weighted by molar-refractivity contribution is -0.385. The van der Waals surface area contributed by atoms with Crippen molar-refractivity contribution in [1.29, 1.82) is 0 Å². The summed E-state index contributed by atoms with van der Waals surface area (Å²) in [6.45, 7) is 6.80. The molecule has 0 unspecified atom stereocenters. The molecule has 0 aliphatic heterocycles. The zero-order valence-corrected chi connectivity index (χ0v) is 14.5. The first kappa shape index (κ1) is 17.9. The van der Waals surface area contributed by atoms with E-state index in [4.69, 9.17) is 11.6 Å². The minimum absolute atomic E-state index is 0.0309. The van der Waals surface area contributed by atoms with E-state index in [1.54, 1.807) is 11.6 Å². The predicted molar refractivity (Wildman–Crippen MR) is 88.2 cm³/mol. The van der Waals surface area contributed by atoms with Gasteiger partial charge in [0.15, 0.2) is 0 Å². The van der Waals surface area contributed by atoms with E-state index in [-0.39, 0.29) is 11.4 Å². The Balaban J connectivity index is 1.95. The topological polar surface area (TPSA) is 108 Å². The molecule has 1 N–H and O–H groups in total. The highest BCUT2D eigenvalue weighted by Gasteiger charge is 2.25. The van der Waals surface area contributed by atoms with Crippen LogP contribution in [-0.2, 0) is 13.1 Å². The Labute approximate surface area is 143 Å². The van der Waals surface area contributed by atoms with Gasteiger partial charge in [0.25, 0.3) is 5.91 Å². The van der Waals surface area contributed by atoms with Gasteiger partial charge in [-0.3, -0.25) is 24.3 Å². The van der Waals surface area contributed by atoms with Gasteiger partial charge < -0.3 is 5.32 Å². The lowest BCUT2D eigenvalue weighted by Crippen LogP contribution is -2.28. The first-order valence-corrected chi connectivity index (χ1v) is 7.92. The van der Waals surface area contributed by atoms with Gasteiger partial charge in [-0.15, -0.1) is 0 Å². The van der Waals surface area contributed by atoms with E-state index in [2.05, 4.69) is 15.5 Å². The van der Waals surface area contributed by atoms with E-state index < -0.39 is 10.8 Å². The van der Waals surface area contributed by atoms with Gasteiger partial charge in [-0.1, -0.05) is 11.6 Å². The molecule has 0 aliphatic carbocycles. The van der Waals surface area contributed by atoms with Crippen LogP contribution < -0.4 is 5.32 Å². The molecule has 0 fully saturated rings. The maximum absolute atomic E-state index is 12.2. The van der Waals surface area contributed by atoms with Crippen LogP contribution >= 0.6 is 11.6 Å². The third-order valence-electron chi connectivity index (χ3n) is 3.66. The summed E-state index contributed by atoms with van der Waals surface area (Å²) in [5, 5.41) is 22.5. The molecule has 0 aromatic carbocycles. The fourth-order valence-electron chi connectivity index (χ4n) is 2.39. The number of nitro groups is 1. The Morgan fingerprint density at radius 2 is 2.12 bits per heavy atom. The third kappa shape index (κ3) is 3.56. The molecule has 0 bridgehead atoms. The number of nitrogens with one attached hydrogen (secondary N) is 1. The van der Waals surface area contributed by atoms with Gasteiger partial charge >= 0.3 is 5.69 Å². The largest absolute Gasteiger partial charge is 0.350 e. The maximum Gasteiger partial charge on any atom is 0.320 e. The third-order valence-corrected chi connectivity index (χ3v) is 4.20. The van der Waals surface area contributed by atoms with Gasteiger partial charge in [-0.25, -0.2) is 0 Å². The summed E-state index contributed by atoms with van der Waals surface area (Å²) >= 11 is 6.08. The molecule has 1 amide bonds. The Hall–Kier alpha value is -2.42. The van der Waals surface area contributed by atoms with Crippen molar-refractivity contribution in [2.75, 3.05) is 6.54 Å². The fraction of sp³-hybridized carbons (Fsp3) is 0.500. The van der Waals surface area contributed by atoms with Crippen molar-refractivity contribution in [2.45, 2.75) is 40.3 Å². The quantitative estimate of drug-likeness (QED) is 0.465. The molecule has 2 heterocycles. The van der Waals surface area contributed by atoms with Crippen LogP contribution in [0, 0.1) is 24.0 Å². The van der Waals surface area contributed by atoms with Crippen molar-refractivity contribution >= 4 is 23.2 Å². The monoisotopic (exact) mass is 354 g/mol. The summed E-state index contributed by atoms with van der Waals surface area (Å²) in [6.07, 6.45) is 1.72. The number of carbonyl (C=O) groups is 1. The van der Waals surface area contributed by atoms with Gasteiger partial charge in [-0.2, -0.15) is 10.2 Å². The molecule has 10 heteroatoms. The number of amides is 1. The van der Waals surface area contributed by atoms with Crippen LogP contribution in [0.25, 0.3) is 0 Å². The molecule has 0 spiro atoms. The molecule has 2 aromatic rings. The normalized spacial score (nSPS) is 10.8. The first-order valence-electron chi connectivity index (χ1n) is 7.54. The number of aromatic nitrogens is 4. The maximum atomic E-state index is 12.2. The summed E-state index contributed by atoms with van der Waals surface area (Å²) in [6, 6.07) is 0. The first-order chi connectivity index (χ1) is 11.4. The average Bonchev–Trinajstić information content (AvgIpc) is 3.08. The zero-order chi connectivity index (χ0) is 17.9.